The van der Waals surface area contributed by atoms with E-state index in [0.29, 0.717) is 11.3 Å². The first-order chi connectivity index (χ1) is 7.95. The molecule has 17 heavy (non-hydrogen) atoms. The van der Waals surface area contributed by atoms with Gasteiger partial charge in [-0.25, -0.2) is 8.42 Å². The summed E-state index contributed by atoms with van der Waals surface area (Å²) in [5.74, 6) is 0.504. The number of nitrogens with zero attached hydrogens (tertiary/aromatic N) is 1. The van der Waals surface area contributed by atoms with Crippen LogP contribution in [0.1, 0.15) is 19.4 Å². The van der Waals surface area contributed by atoms with Crippen LogP contribution in [0.4, 0.5) is 0 Å². The molecule has 0 spiro atoms. The van der Waals surface area contributed by atoms with Crippen LogP contribution in [0.3, 0.4) is 0 Å². The van der Waals surface area contributed by atoms with Gasteiger partial charge in [0.2, 0.25) is 0 Å². The second kappa shape index (κ2) is 5.69. The van der Waals surface area contributed by atoms with Crippen molar-refractivity contribution >= 4 is 9.84 Å². The third-order valence-electron chi connectivity index (χ3n) is 2.32. The number of hydrogen-bond acceptors (Lipinski definition) is 4. The minimum atomic E-state index is -3.07. The molecular weight excluding hydrogens is 238 g/mol. The van der Waals surface area contributed by atoms with Crippen molar-refractivity contribution in [3.05, 3.63) is 29.8 Å². The van der Waals surface area contributed by atoms with Gasteiger partial charge >= 0.3 is 0 Å². The number of sulfone groups is 1. The normalized spacial score (nSPS) is 11.2. The highest BCUT2D eigenvalue weighted by Gasteiger charge is 2.15. The summed E-state index contributed by atoms with van der Waals surface area (Å²) < 4.78 is 28.3. The van der Waals surface area contributed by atoms with Gasteiger partial charge in [-0.05, 0) is 32.0 Å². The summed E-state index contributed by atoms with van der Waals surface area (Å²) in [5.41, 5.74) is 0.495. The van der Waals surface area contributed by atoms with Crippen LogP contribution in [0.25, 0.3) is 0 Å². The average Bonchev–Trinajstić information content (AvgIpc) is 2.29. The fourth-order valence-electron chi connectivity index (χ4n) is 1.17. The fourth-order valence-corrected chi connectivity index (χ4v) is 1.95. The molecule has 0 aliphatic carbocycles. The van der Waals surface area contributed by atoms with E-state index in [9.17, 15) is 8.42 Å². The van der Waals surface area contributed by atoms with Gasteiger partial charge in [-0.1, -0.05) is 6.07 Å². The van der Waals surface area contributed by atoms with Crippen LogP contribution >= 0.6 is 0 Å². The first-order valence-corrected chi connectivity index (χ1v) is 7.02. The molecule has 1 rings (SSSR count). The van der Waals surface area contributed by atoms with Crippen LogP contribution in [0.15, 0.2) is 24.3 Å². The van der Waals surface area contributed by atoms with Crippen LogP contribution in [0, 0.1) is 11.3 Å². The predicted molar refractivity (Wildman–Crippen MR) is 65.6 cm³/mol. The van der Waals surface area contributed by atoms with Gasteiger partial charge in [-0.15, -0.1) is 0 Å². The summed E-state index contributed by atoms with van der Waals surface area (Å²) in [5, 5.41) is 8.30. The topological polar surface area (TPSA) is 67.2 Å². The number of ether oxygens (including phenoxy) is 1. The summed E-state index contributed by atoms with van der Waals surface area (Å²) >= 11 is 0. The van der Waals surface area contributed by atoms with E-state index < -0.39 is 15.1 Å². The molecule has 0 aliphatic rings. The lowest BCUT2D eigenvalue weighted by atomic mass is 10.2. The Balaban J connectivity index is 2.55. The highest BCUT2D eigenvalue weighted by molar-refractivity contribution is 7.91. The zero-order valence-corrected chi connectivity index (χ0v) is 10.7. The highest BCUT2D eigenvalue weighted by atomic mass is 32.2. The van der Waals surface area contributed by atoms with E-state index in [1.165, 1.54) is 0 Å². The maximum absolute atomic E-state index is 11.5. The molecule has 0 amide bonds. The van der Waals surface area contributed by atoms with Crippen LogP contribution in [0.5, 0.6) is 5.75 Å². The predicted octanol–water partition coefficient (Wildman–Crippen LogP) is 1.76. The van der Waals surface area contributed by atoms with E-state index in [-0.39, 0.29) is 12.4 Å². The van der Waals surface area contributed by atoms with Crippen molar-refractivity contribution in [3.8, 4) is 11.8 Å². The van der Waals surface area contributed by atoms with Gasteiger partial charge in [0.25, 0.3) is 0 Å². The second-order valence-corrected chi connectivity index (χ2v) is 6.58. The van der Waals surface area contributed by atoms with Crippen molar-refractivity contribution in [2.24, 2.45) is 0 Å². The Morgan fingerprint density at radius 3 is 2.71 bits per heavy atom. The van der Waals surface area contributed by atoms with E-state index in [1.54, 1.807) is 38.1 Å². The van der Waals surface area contributed by atoms with Crippen LogP contribution in [-0.2, 0) is 9.84 Å². The first-order valence-electron chi connectivity index (χ1n) is 5.30. The van der Waals surface area contributed by atoms with E-state index in [1.807, 2.05) is 6.07 Å². The third-order valence-corrected chi connectivity index (χ3v) is 4.49. The quantitative estimate of drug-likeness (QED) is 0.802. The molecule has 4 nitrogen and oxygen atoms in total. The maximum atomic E-state index is 11.5. The summed E-state index contributed by atoms with van der Waals surface area (Å²) in [6.45, 7) is 3.40. The van der Waals surface area contributed by atoms with Gasteiger partial charge in [0.15, 0.2) is 9.84 Å². The Hall–Kier alpha value is -1.54. The third kappa shape index (κ3) is 4.08. The van der Waals surface area contributed by atoms with Crippen molar-refractivity contribution in [1.82, 2.24) is 0 Å². The zero-order valence-electron chi connectivity index (χ0n) is 9.88. The summed E-state index contributed by atoms with van der Waals surface area (Å²) in [6.07, 6.45) is 0. The SMILES string of the molecule is CC(C)S(=O)(=O)CCOc1cccc(C#N)c1. The minimum Gasteiger partial charge on any atom is -0.492 e. The van der Waals surface area contributed by atoms with Crippen LogP contribution < -0.4 is 4.74 Å². The molecule has 0 fully saturated rings. The molecule has 0 saturated carbocycles. The summed E-state index contributed by atoms with van der Waals surface area (Å²) in [6, 6.07) is 8.64. The maximum Gasteiger partial charge on any atom is 0.155 e. The average molecular weight is 253 g/mol. The number of hydrogen-bond donors (Lipinski definition) is 0. The molecular formula is C12H15NO3S. The van der Waals surface area contributed by atoms with E-state index in [0.717, 1.165) is 0 Å². The lowest BCUT2D eigenvalue weighted by Crippen LogP contribution is -2.22. The Bertz CT molecular complexity index is 515. The Morgan fingerprint density at radius 1 is 1.41 bits per heavy atom. The van der Waals surface area contributed by atoms with Gasteiger partial charge in [-0.2, -0.15) is 5.26 Å². The fraction of sp³-hybridized carbons (Fsp3) is 0.417. The van der Waals surface area contributed by atoms with Crippen molar-refractivity contribution in [2.75, 3.05) is 12.4 Å². The Labute approximate surface area is 102 Å². The standard InChI is InChI=1S/C12H15NO3S/c1-10(2)17(14,15)7-6-16-12-5-3-4-11(8-12)9-13/h3-5,8,10H,6-7H2,1-2H3. The molecule has 1 aromatic rings. The Kier molecular flexibility index (Phi) is 4.53. The van der Waals surface area contributed by atoms with Crippen LogP contribution in [-0.4, -0.2) is 26.0 Å². The highest BCUT2D eigenvalue weighted by Crippen LogP contribution is 2.12. The van der Waals surface area contributed by atoms with E-state index in [2.05, 4.69) is 0 Å². The molecule has 0 heterocycles. The molecule has 0 atom stereocenters. The molecule has 0 aromatic heterocycles. The van der Waals surface area contributed by atoms with Gasteiger partial charge in [0.05, 0.1) is 22.6 Å². The van der Waals surface area contributed by atoms with E-state index >= 15 is 0 Å². The smallest absolute Gasteiger partial charge is 0.155 e. The number of benzene rings is 1. The van der Waals surface area contributed by atoms with Crippen molar-refractivity contribution in [3.63, 3.8) is 0 Å². The molecule has 0 unspecified atom stereocenters. The Morgan fingerprint density at radius 2 is 2.12 bits per heavy atom. The summed E-state index contributed by atoms with van der Waals surface area (Å²) in [4.78, 5) is 0. The first kappa shape index (κ1) is 13.5. The molecule has 1 aromatic carbocycles. The van der Waals surface area contributed by atoms with Crippen molar-refractivity contribution in [1.29, 1.82) is 5.26 Å². The van der Waals surface area contributed by atoms with E-state index in [4.69, 9.17) is 10.00 Å². The number of rotatable bonds is 5. The van der Waals surface area contributed by atoms with Crippen molar-refractivity contribution in [2.45, 2.75) is 19.1 Å². The number of nitriles is 1. The van der Waals surface area contributed by atoms with Crippen molar-refractivity contribution < 1.29 is 13.2 Å². The minimum absolute atomic E-state index is 0.0125. The molecule has 92 valence electrons. The monoisotopic (exact) mass is 253 g/mol. The molecule has 0 radical (unpaired) electrons. The molecule has 0 saturated heterocycles. The molecule has 5 heteroatoms. The molecule has 0 aliphatic heterocycles. The lowest BCUT2D eigenvalue weighted by Gasteiger charge is -2.09. The zero-order chi connectivity index (χ0) is 12.9. The second-order valence-electron chi connectivity index (χ2n) is 3.90. The molecule has 0 N–H and O–H groups in total. The van der Waals surface area contributed by atoms with Gasteiger partial charge in [-0.3, -0.25) is 0 Å². The van der Waals surface area contributed by atoms with Crippen LogP contribution in [0.2, 0.25) is 0 Å². The summed E-state index contributed by atoms with van der Waals surface area (Å²) in [7, 11) is -3.07. The van der Waals surface area contributed by atoms with Gasteiger partial charge in [0.1, 0.15) is 12.4 Å². The molecule has 0 bridgehead atoms. The van der Waals surface area contributed by atoms with Gasteiger partial charge < -0.3 is 4.74 Å². The largest absolute Gasteiger partial charge is 0.492 e. The lowest BCUT2D eigenvalue weighted by molar-refractivity contribution is 0.340. The van der Waals surface area contributed by atoms with Gasteiger partial charge in [0, 0.05) is 0 Å².